The first-order valence-corrected chi connectivity index (χ1v) is 4.31. The summed E-state index contributed by atoms with van der Waals surface area (Å²) in [5.41, 5.74) is 1.19. The third-order valence-electron chi connectivity index (χ3n) is 2.17. The van der Waals surface area contributed by atoms with Crippen LogP contribution in [-0.2, 0) is 11.2 Å². The highest BCUT2D eigenvalue weighted by Gasteiger charge is 2.19. The Morgan fingerprint density at radius 1 is 1.43 bits per heavy atom. The van der Waals surface area contributed by atoms with Crippen molar-refractivity contribution in [2.24, 2.45) is 0 Å². The van der Waals surface area contributed by atoms with Gasteiger partial charge in [-0.3, -0.25) is 4.79 Å². The third-order valence-corrected chi connectivity index (χ3v) is 2.17. The average Bonchev–Trinajstić information content (AvgIpc) is 2.16. The van der Waals surface area contributed by atoms with E-state index >= 15 is 0 Å². The molecule has 0 spiro atoms. The van der Waals surface area contributed by atoms with Crippen LogP contribution in [-0.4, -0.2) is 28.1 Å². The second kappa shape index (κ2) is 3.40. The number of anilines is 1. The highest BCUT2D eigenvalue weighted by atomic mass is 16.4. The van der Waals surface area contributed by atoms with E-state index in [4.69, 9.17) is 10.0 Å². The van der Waals surface area contributed by atoms with Crippen LogP contribution >= 0.6 is 0 Å². The summed E-state index contributed by atoms with van der Waals surface area (Å²) >= 11 is 0. The maximum atomic E-state index is 11.0. The highest BCUT2D eigenvalue weighted by Crippen LogP contribution is 2.17. The van der Waals surface area contributed by atoms with E-state index in [2.05, 4.69) is 10.3 Å². The number of hydrogen-bond donors (Lipinski definition) is 3. The Morgan fingerprint density at radius 2 is 2.21 bits per heavy atom. The third kappa shape index (κ3) is 1.62. The molecular formula is C8H9BN2O3. The van der Waals surface area contributed by atoms with E-state index in [0.29, 0.717) is 24.1 Å². The number of hydrogen-bond acceptors (Lipinski definition) is 4. The number of carbonyl (C=O) groups is 1. The number of amides is 1. The van der Waals surface area contributed by atoms with Crippen LogP contribution in [0.15, 0.2) is 12.3 Å². The van der Waals surface area contributed by atoms with Crippen molar-refractivity contribution >= 4 is 24.3 Å². The molecule has 0 atom stereocenters. The molecule has 0 bridgehead atoms. The molecule has 5 nitrogen and oxygen atoms in total. The molecule has 6 heteroatoms. The van der Waals surface area contributed by atoms with Gasteiger partial charge >= 0.3 is 7.12 Å². The molecule has 2 heterocycles. The highest BCUT2D eigenvalue weighted by molar-refractivity contribution is 6.58. The minimum atomic E-state index is -1.51. The van der Waals surface area contributed by atoms with Gasteiger partial charge in [-0.1, -0.05) is 6.07 Å². The van der Waals surface area contributed by atoms with Crippen LogP contribution < -0.4 is 10.8 Å². The molecule has 2 rings (SSSR count). The van der Waals surface area contributed by atoms with Gasteiger partial charge in [0, 0.05) is 18.1 Å². The lowest BCUT2D eigenvalue weighted by Gasteiger charge is -2.15. The van der Waals surface area contributed by atoms with Gasteiger partial charge in [-0.2, -0.15) is 0 Å². The Balaban J connectivity index is 2.36. The monoisotopic (exact) mass is 192 g/mol. The maximum Gasteiger partial charge on any atom is 0.490 e. The van der Waals surface area contributed by atoms with Crippen LogP contribution in [0.1, 0.15) is 12.0 Å². The van der Waals surface area contributed by atoms with Crippen molar-refractivity contribution in [1.82, 2.24) is 4.98 Å². The molecule has 0 radical (unpaired) electrons. The Bertz CT molecular complexity index is 381. The molecule has 1 aliphatic heterocycles. The van der Waals surface area contributed by atoms with E-state index in [9.17, 15) is 4.79 Å². The summed E-state index contributed by atoms with van der Waals surface area (Å²) in [5, 5.41) is 20.4. The molecule has 0 unspecified atom stereocenters. The van der Waals surface area contributed by atoms with Gasteiger partial charge in [0.2, 0.25) is 5.91 Å². The topological polar surface area (TPSA) is 82.5 Å². The fourth-order valence-corrected chi connectivity index (χ4v) is 1.42. The van der Waals surface area contributed by atoms with E-state index < -0.39 is 7.12 Å². The number of nitrogens with zero attached hydrogens (tertiary/aromatic N) is 1. The van der Waals surface area contributed by atoms with Gasteiger partial charge < -0.3 is 15.4 Å². The smallest absolute Gasteiger partial charge is 0.423 e. The summed E-state index contributed by atoms with van der Waals surface area (Å²) in [5.74, 6) is 0.466. The van der Waals surface area contributed by atoms with Crippen LogP contribution in [0.5, 0.6) is 0 Å². The second-order valence-corrected chi connectivity index (χ2v) is 3.20. The van der Waals surface area contributed by atoms with E-state index in [1.165, 1.54) is 6.20 Å². The zero-order chi connectivity index (χ0) is 10.1. The van der Waals surface area contributed by atoms with Crippen molar-refractivity contribution in [2.75, 3.05) is 5.32 Å². The predicted octanol–water partition coefficient (Wildman–Crippen LogP) is -1.35. The molecule has 1 aliphatic rings. The number of carbonyl (C=O) groups excluding carboxylic acids is 1. The number of fused-ring (bicyclic) bond motifs is 1. The number of aryl methyl sites for hydroxylation is 1. The first kappa shape index (κ1) is 9.17. The molecular weight excluding hydrogens is 183 g/mol. The SMILES string of the molecule is O=C1CCc2cc(B(O)O)cnc2N1. The Kier molecular flexibility index (Phi) is 2.22. The first-order chi connectivity index (χ1) is 6.66. The van der Waals surface area contributed by atoms with Gasteiger partial charge in [0.15, 0.2) is 0 Å². The van der Waals surface area contributed by atoms with Crippen molar-refractivity contribution in [2.45, 2.75) is 12.8 Å². The van der Waals surface area contributed by atoms with Gasteiger partial charge in [-0.25, -0.2) is 4.98 Å². The molecule has 0 saturated carbocycles. The molecule has 0 aliphatic carbocycles. The lowest BCUT2D eigenvalue weighted by atomic mass is 9.80. The van der Waals surface area contributed by atoms with E-state index in [0.717, 1.165) is 5.56 Å². The largest absolute Gasteiger partial charge is 0.490 e. The standard InChI is InChI=1S/C8H9BN2O3/c12-7-2-1-5-3-6(9(13)14)4-10-8(5)11-7/h3-4,13-14H,1-2H2,(H,10,11,12). The minimum absolute atomic E-state index is 0.0534. The van der Waals surface area contributed by atoms with E-state index in [1.807, 2.05) is 0 Å². The zero-order valence-corrected chi connectivity index (χ0v) is 7.40. The van der Waals surface area contributed by atoms with Crippen molar-refractivity contribution in [3.05, 3.63) is 17.8 Å². The average molecular weight is 192 g/mol. The molecule has 72 valence electrons. The molecule has 0 fully saturated rings. The second-order valence-electron chi connectivity index (χ2n) is 3.20. The van der Waals surface area contributed by atoms with Crippen LogP contribution in [0, 0.1) is 0 Å². The normalized spacial score (nSPS) is 14.6. The summed E-state index contributed by atoms with van der Waals surface area (Å²) in [6.45, 7) is 0. The number of nitrogens with one attached hydrogen (secondary N) is 1. The Hall–Kier alpha value is -1.40. The molecule has 14 heavy (non-hydrogen) atoms. The van der Waals surface area contributed by atoms with Crippen molar-refractivity contribution in [1.29, 1.82) is 0 Å². The minimum Gasteiger partial charge on any atom is -0.423 e. The van der Waals surface area contributed by atoms with Crippen molar-refractivity contribution in [3.63, 3.8) is 0 Å². The number of rotatable bonds is 1. The van der Waals surface area contributed by atoms with E-state index in [1.54, 1.807) is 6.07 Å². The first-order valence-electron chi connectivity index (χ1n) is 4.31. The summed E-state index contributed by atoms with van der Waals surface area (Å²) in [6.07, 6.45) is 2.35. The molecule has 0 saturated heterocycles. The van der Waals surface area contributed by atoms with Crippen LogP contribution in [0.2, 0.25) is 0 Å². The van der Waals surface area contributed by atoms with Crippen LogP contribution in [0.4, 0.5) is 5.82 Å². The lowest BCUT2D eigenvalue weighted by Crippen LogP contribution is -2.32. The quantitative estimate of drug-likeness (QED) is 0.480. The zero-order valence-electron chi connectivity index (χ0n) is 7.40. The fraction of sp³-hybridized carbons (Fsp3) is 0.250. The predicted molar refractivity (Wildman–Crippen MR) is 51.0 cm³/mol. The molecule has 3 N–H and O–H groups in total. The van der Waals surface area contributed by atoms with Crippen LogP contribution in [0.3, 0.4) is 0 Å². The van der Waals surface area contributed by atoms with Crippen molar-refractivity contribution < 1.29 is 14.8 Å². The summed E-state index contributed by atoms with van der Waals surface area (Å²) < 4.78 is 0. The van der Waals surface area contributed by atoms with E-state index in [-0.39, 0.29) is 5.91 Å². The van der Waals surface area contributed by atoms with Gasteiger partial charge in [0.05, 0.1) is 0 Å². The molecule has 1 amide bonds. The fourth-order valence-electron chi connectivity index (χ4n) is 1.42. The Labute approximate surface area is 80.9 Å². The summed E-state index contributed by atoms with van der Waals surface area (Å²) in [6, 6.07) is 1.65. The summed E-state index contributed by atoms with van der Waals surface area (Å²) in [7, 11) is -1.51. The maximum absolute atomic E-state index is 11.0. The van der Waals surface area contributed by atoms with Gasteiger partial charge in [0.25, 0.3) is 0 Å². The van der Waals surface area contributed by atoms with Gasteiger partial charge in [0.1, 0.15) is 5.82 Å². The van der Waals surface area contributed by atoms with Crippen molar-refractivity contribution in [3.8, 4) is 0 Å². The molecule has 1 aromatic rings. The molecule has 1 aromatic heterocycles. The molecule has 0 aromatic carbocycles. The van der Waals surface area contributed by atoms with Crippen LogP contribution in [0.25, 0.3) is 0 Å². The van der Waals surface area contributed by atoms with Gasteiger partial charge in [-0.05, 0) is 12.0 Å². The lowest BCUT2D eigenvalue weighted by molar-refractivity contribution is -0.116. The Morgan fingerprint density at radius 3 is 2.93 bits per heavy atom. The number of pyridine rings is 1. The van der Waals surface area contributed by atoms with Gasteiger partial charge in [-0.15, -0.1) is 0 Å². The number of aromatic nitrogens is 1. The summed E-state index contributed by atoms with van der Waals surface area (Å²) in [4.78, 5) is 14.9.